The first-order valence-electron chi connectivity index (χ1n) is 8.71. The molecule has 3 rings (SSSR count). The SMILES string of the molecule is Cc1cc(C(F)(F)F)nc(CCn2ccnc2C2CCOC(C)(C)C2)n1. The van der Waals surface area contributed by atoms with Crippen LogP contribution in [-0.2, 0) is 23.9 Å². The second-order valence-electron chi connectivity index (χ2n) is 7.34. The van der Waals surface area contributed by atoms with E-state index in [0.717, 1.165) is 24.7 Å². The normalized spacial score (nSPS) is 20.3. The van der Waals surface area contributed by atoms with Crippen molar-refractivity contribution in [3.8, 4) is 0 Å². The van der Waals surface area contributed by atoms with Gasteiger partial charge in [0.1, 0.15) is 17.3 Å². The van der Waals surface area contributed by atoms with E-state index in [1.165, 1.54) is 0 Å². The van der Waals surface area contributed by atoms with Gasteiger partial charge in [-0.1, -0.05) is 0 Å². The van der Waals surface area contributed by atoms with Crippen LogP contribution in [0.1, 0.15) is 55.6 Å². The Kier molecular flexibility index (Phi) is 5.05. The van der Waals surface area contributed by atoms with Crippen LogP contribution in [0.5, 0.6) is 0 Å². The highest BCUT2D eigenvalue weighted by atomic mass is 19.4. The molecule has 0 aliphatic carbocycles. The van der Waals surface area contributed by atoms with Crippen molar-refractivity contribution in [2.75, 3.05) is 6.61 Å². The van der Waals surface area contributed by atoms with Crippen molar-refractivity contribution in [1.82, 2.24) is 19.5 Å². The second-order valence-corrected chi connectivity index (χ2v) is 7.34. The van der Waals surface area contributed by atoms with Gasteiger partial charge in [-0.05, 0) is 39.7 Å². The molecule has 1 fully saturated rings. The number of halogens is 3. The van der Waals surface area contributed by atoms with Crippen LogP contribution in [-0.4, -0.2) is 31.7 Å². The van der Waals surface area contributed by atoms with Gasteiger partial charge in [0, 0.05) is 43.6 Å². The minimum atomic E-state index is -4.46. The van der Waals surface area contributed by atoms with E-state index in [1.54, 1.807) is 13.1 Å². The van der Waals surface area contributed by atoms with Crippen molar-refractivity contribution in [1.29, 1.82) is 0 Å². The summed E-state index contributed by atoms with van der Waals surface area (Å²) in [4.78, 5) is 12.3. The number of nitrogens with zero attached hydrogens (tertiary/aromatic N) is 4. The Hall–Kier alpha value is -1.96. The Morgan fingerprint density at radius 3 is 2.77 bits per heavy atom. The number of aryl methyl sites for hydroxylation is 3. The number of ether oxygens (including phenoxy) is 1. The molecule has 0 spiro atoms. The molecule has 1 saturated heterocycles. The lowest BCUT2D eigenvalue weighted by Gasteiger charge is -2.35. The number of imidazole rings is 1. The zero-order chi connectivity index (χ0) is 18.9. The van der Waals surface area contributed by atoms with Crippen molar-refractivity contribution < 1.29 is 17.9 Å². The predicted molar refractivity (Wildman–Crippen MR) is 89.7 cm³/mol. The maximum absolute atomic E-state index is 12.9. The van der Waals surface area contributed by atoms with E-state index < -0.39 is 11.9 Å². The standard InChI is InChI=1S/C18H23F3N4O/c1-12-10-14(18(19,20)21)24-15(23-12)4-7-25-8-6-22-16(25)13-5-9-26-17(2,3)11-13/h6,8,10,13H,4-5,7,9,11H2,1-3H3. The topological polar surface area (TPSA) is 52.8 Å². The maximum Gasteiger partial charge on any atom is 0.433 e. The maximum atomic E-state index is 12.9. The van der Waals surface area contributed by atoms with E-state index in [4.69, 9.17) is 4.74 Å². The van der Waals surface area contributed by atoms with Crippen LogP contribution in [0.3, 0.4) is 0 Å². The van der Waals surface area contributed by atoms with E-state index in [0.29, 0.717) is 25.3 Å². The number of hydrogen-bond donors (Lipinski definition) is 0. The van der Waals surface area contributed by atoms with Crippen LogP contribution in [0.15, 0.2) is 18.5 Å². The van der Waals surface area contributed by atoms with Crippen molar-refractivity contribution in [2.24, 2.45) is 0 Å². The van der Waals surface area contributed by atoms with Crippen LogP contribution < -0.4 is 0 Å². The Bertz CT molecular complexity index is 770. The summed E-state index contributed by atoms with van der Waals surface area (Å²) < 4.78 is 46.5. The van der Waals surface area contributed by atoms with Gasteiger partial charge in [-0.3, -0.25) is 0 Å². The van der Waals surface area contributed by atoms with Gasteiger partial charge in [-0.2, -0.15) is 13.2 Å². The zero-order valence-corrected chi connectivity index (χ0v) is 15.2. The third-order valence-electron chi connectivity index (χ3n) is 4.58. The highest BCUT2D eigenvalue weighted by Gasteiger charge is 2.34. The molecule has 2 aromatic rings. The summed E-state index contributed by atoms with van der Waals surface area (Å²) in [6.07, 6.45) is 1.20. The molecule has 0 aromatic carbocycles. The smallest absolute Gasteiger partial charge is 0.376 e. The molecule has 26 heavy (non-hydrogen) atoms. The fourth-order valence-corrected chi connectivity index (χ4v) is 3.43. The quantitative estimate of drug-likeness (QED) is 0.821. The summed E-state index contributed by atoms with van der Waals surface area (Å²) in [5, 5.41) is 0. The first-order chi connectivity index (χ1) is 12.1. The molecule has 1 aliphatic rings. The highest BCUT2D eigenvalue weighted by molar-refractivity contribution is 5.13. The monoisotopic (exact) mass is 368 g/mol. The van der Waals surface area contributed by atoms with E-state index in [2.05, 4.69) is 28.8 Å². The average molecular weight is 368 g/mol. The highest BCUT2D eigenvalue weighted by Crippen LogP contribution is 2.35. The molecule has 0 bridgehead atoms. The Balaban J connectivity index is 1.74. The first-order valence-corrected chi connectivity index (χ1v) is 8.71. The predicted octanol–water partition coefficient (Wildman–Crippen LogP) is 3.92. The van der Waals surface area contributed by atoms with Gasteiger partial charge in [-0.25, -0.2) is 15.0 Å². The number of hydrogen-bond acceptors (Lipinski definition) is 4. The van der Waals surface area contributed by atoms with Crippen LogP contribution in [0.4, 0.5) is 13.2 Å². The lowest BCUT2D eigenvalue weighted by Crippen LogP contribution is -2.34. The van der Waals surface area contributed by atoms with Gasteiger partial charge in [0.2, 0.25) is 0 Å². The molecule has 5 nitrogen and oxygen atoms in total. The van der Waals surface area contributed by atoms with Gasteiger partial charge in [0.25, 0.3) is 0 Å². The fraction of sp³-hybridized carbons (Fsp3) is 0.611. The minimum absolute atomic E-state index is 0.193. The third-order valence-corrected chi connectivity index (χ3v) is 4.58. The molecule has 1 unspecified atom stereocenters. The van der Waals surface area contributed by atoms with Gasteiger partial charge in [-0.15, -0.1) is 0 Å². The summed E-state index contributed by atoms with van der Waals surface area (Å²) in [7, 11) is 0. The van der Waals surface area contributed by atoms with Crippen LogP contribution >= 0.6 is 0 Å². The van der Waals surface area contributed by atoms with E-state index in [-0.39, 0.29) is 17.3 Å². The molecule has 0 saturated carbocycles. The molecule has 0 amide bonds. The van der Waals surface area contributed by atoms with Crippen molar-refractivity contribution in [3.05, 3.63) is 41.5 Å². The average Bonchev–Trinajstić information content (AvgIpc) is 2.99. The van der Waals surface area contributed by atoms with E-state index >= 15 is 0 Å². The summed E-state index contributed by atoms with van der Waals surface area (Å²) in [6, 6.07) is 0.969. The molecule has 3 heterocycles. The molecule has 0 radical (unpaired) electrons. The van der Waals surface area contributed by atoms with Gasteiger partial charge in [0.15, 0.2) is 0 Å². The zero-order valence-electron chi connectivity index (χ0n) is 15.2. The molecular weight excluding hydrogens is 345 g/mol. The lowest BCUT2D eigenvalue weighted by atomic mass is 9.88. The molecule has 142 valence electrons. The molecule has 1 aliphatic heterocycles. The van der Waals surface area contributed by atoms with Crippen LogP contribution in [0, 0.1) is 6.92 Å². The third kappa shape index (κ3) is 4.41. The van der Waals surface area contributed by atoms with Gasteiger partial charge >= 0.3 is 6.18 Å². The summed E-state index contributed by atoms with van der Waals surface area (Å²) in [5.41, 5.74) is -0.766. The number of aromatic nitrogens is 4. The molecule has 1 atom stereocenters. The Morgan fingerprint density at radius 1 is 1.31 bits per heavy atom. The largest absolute Gasteiger partial charge is 0.433 e. The Labute approximate surface area is 150 Å². The minimum Gasteiger partial charge on any atom is -0.376 e. The summed E-state index contributed by atoms with van der Waals surface area (Å²) in [5.74, 6) is 1.42. The van der Waals surface area contributed by atoms with E-state index in [9.17, 15) is 13.2 Å². The van der Waals surface area contributed by atoms with Crippen LogP contribution in [0.25, 0.3) is 0 Å². The molecular formula is C18H23F3N4O. The lowest BCUT2D eigenvalue weighted by molar-refractivity contribution is -0.141. The second kappa shape index (κ2) is 6.98. The van der Waals surface area contributed by atoms with Gasteiger partial charge in [0.05, 0.1) is 5.60 Å². The molecule has 0 N–H and O–H groups in total. The first kappa shape index (κ1) is 18.8. The summed E-state index contributed by atoms with van der Waals surface area (Å²) in [6.45, 7) is 6.85. The van der Waals surface area contributed by atoms with Crippen molar-refractivity contribution in [3.63, 3.8) is 0 Å². The fourth-order valence-electron chi connectivity index (χ4n) is 3.43. The summed E-state index contributed by atoms with van der Waals surface area (Å²) >= 11 is 0. The van der Waals surface area contributed by atoms with Gasteiger partial charge < -0.3 is 9.30 Å². The van der Waals surface area contributed by atoms with Crippen molar-refractivity contribution >= 4 is 0 Å². The molecule has 8 heteroatoms. The van der Waals surface area contributed by atoms with E-state index in [1.807, 2.05) is 10.8 Å². The van der Waals surface area contributed by atoms with Crippen molar-refractivity contribution in [2.45, 2.75) is 64.3 Å². The molecule has 2 aromatic heterocycles. The Morgan fingerprint density at radius 2 is 2.08 bits per heavy atom. The number of rotatable bonds is 4. The number of alkyl halides is 3. The van der Waals surface area contributed by atoms with Crippen LogP contribution in [0.2, 0.25) is 0 Å².